The topological polar surface area (TPSA) is 43.6 Å². The first-order valence-electron chi connectivity index (χ1n) is 9.59. The van der Waals surface area contributed by atoms with Gasteiger partial charge in [-0.05, 0) is 64.3 Å². The minimum Gasteiger partial charge on any atom is -0.486 e. The highest BCUT2D eigenvalue weighted by Crippen LogP contribution is 2.35. The van der Waals surface area contributed by atoms with Crippen molar-refractivity contribution in [1.82, 2.24) is 9.38 Å². The van der Waals surface area contributed by atoms with Crippen LogP contribution < -0.4 is 14.8 Å². The van der Waals surface area contributed by atoms with Crippen LogP contribution in [-0.4, -0.2) is 9.38 Å². The van der Waals surface area contributed by atoms with Crippen molar-refractivity contribution >= 4 is 60.9 Å². The van der Waals surface area contributed by atoms with E-state index >= 15 is 0 Å². The molecular weight excluding hydrogens is 496 g/mol. The molecule has 31 heavy (non-hydrogen) atoms. The summed E-state index contributed by atoms with van der Waals surface area (Å²) >= 11 is 11.4. The van der Waals surface area contributed by atoms with E-state index in [1.54, 1.807) is 10.5 Å². The lowest BCUT2D eigenvalue weighted by molar-refractivity contribution is 0.304. The van der Waals surface area contributed by atoms with Gasteiger partial charge in [-0.2, -0.15) is 0 Å². The number of aromatic nitrogens is 2. The van der Waals surface area contributed by atoms with Gasteiger partial charge in [0, 0.05) is 0 Å². The molecule has 0 aliphatic rings. The Labute approximate surface area is 195 Å². The number of ether oxygens (including phenoxy) is 1. The number of hydrogen-bond donors (Lipinski definition) is 0. The molecule has 2 aromatic heterocycles. The molecule has 0 fully saturated rings. The van der Waals surface area contributed by atoms with Crippen molar-refractivity contribution < 1.29 is 4.74 Å². The van der Waals surface area contributed by atoms with Gasteiger partial charge in [-0.25, -0.2) is 9.38 Å². The number of benzene rings is 3. The van der Waals surface area contributed by atoms with Crippen molar-refractivity contribution in [2.75, 3.05) is 0 Å². The van der Waals surface area contributed by atoms with Gasteiger partial charge < -0.3 is 4.74 Å². The third-order valence-corrected chi connectivity index (χ3v) is 6.77. The monoisotopic (exact) mass is 510 g/mol. The fourth-order valence-electron chi connectivity index (χ4n) is 3.52. The molecule has 0 radical (unpaired) electrons. The summed E-state index contributed by atoms with van der Waals surface area (Å²) in [6, 6.07) is 19.5. The number of para-hydroxylation sites is 2. The van der Waals surface area contributed by atoms with E-state index in [1.165, 1.54) is 16.9 Å². The van der Waals surface area contributed by atoms with E-state index < -0.39 is 0 Å². The Morgan fingerprint density at radius 2 is 2.00 bits per heavy atom. The Morgan fingerprint density at radius 1 is 1.16 bits per heavy atom. The van der Waals surface area contributed by atoms with Crippen LogP contribution in [0.2, 0.25) is 5.02 Å². The number of imidazole rings is 1. The van der Waals surface area contributed by atoms with Crippen LogP contribution in [0.15, 0.2) is 69.9 Å². The second-order valence-electron chi connectivity index (χ2n) is 7.23. The average Bonchev–Trinajstić information content (AvgIpc) is 3.24. The zero-order valence-corrected chi connectivity index (χ0v) is 19.6. The number of hydrogen-bond acceptors (Lipinski definition) is 4. The molecule has 5 aromatic rings. The van der Waals surface area contributed by atoms with Gasteiger partial charge in [0.2, 0.25) is 0 Å². The summed E-state index contributed by atoms with van der Waals surface area (Å²) in [5.74, 6) is 0.578. The van der Waals surface area contributed by atoms with E-state index in [0.717, 1.165) is 26.6 Å². The van der Waals surface area contributed by atoms with E-state index in [0.29, 0.717) is 26.9 Å². The van der Waals surface area contributed by atoms with Crippen molar-refractivity contribution in [3.63, 3.8) is 0 Å². The predicted octanol–water partition coefficient (Wildman–Crippen LogP) is 5.76. The van der Waals surface area contributed by atoms with E-state index in [1.807, 2.05) is 61.5 Å². The van der Waals surface area contributed by atoms with Crippen molar-refractivity contribution in [2.45, 2.75) is 13.5 Å². The minimum absolute atomic E-state index is 0.0827. The lowest BCUT2D eigenvalue weighted by atomic mass is 10.1. The predicted molar refractivity (Wildman–Crippen MR) is 130 cm³/mol. The molecule has 0 saturated carbocycles. The van der Waals surface area contributed by atoms with Crippen LogP contribution >= 0.6 is 38.9 Å². The Balaban J connectivity index is 1.49. The molecule has 0 atom stereocenters. The van der Waals surface area contributed by atoms with Crippen LogP contribution in [0.25, 0.3) is 22.1 Å². The van der Waals surface area contributed by atoms with Gasteiger partial charge in [0.1, 0.15) is 6.61 Å². The lowest BCUT2D eigenvalue weighted by Gasteiger charge is -2.11. The largest absolute Gasteiger partial charge is 0.486 e. The van der Waals surface area contributed by atoms with Gasteiger partial charge in [-0.3, -0.25) is 4.79 Å². The van der Waals surface area contributed by atoms with Gasteiger partial charge in [0.25, 0.3) is 5.56 Å². The molecule has 7 heteroatoms. The van der Waals surface area contributed by atoms with Crippen LogP contribution in [0.3, 0.4) is 0 Å². The second-order valence-corrected chi connectivity index (χ2v) is 9.50. The summed E-state index contributed by atoms with van der Waals surface area (Å²) in [7, 11) is 0. The molecule has 0 amide bonds. The van der Waals surface area contributed by atoms with Crippen molar-refractivity contribution in [3.05, 3.63) is 102 Å². The Hall–Kier alpha value is -2.67. The maximum Gasteiger partial charge on any atom is 0.274 e. The minimum atomic E-state index is -0.0827. The molecular formula is C24H16BrClN2O2S. The quantitative estimate of drug-likeness (QED) is 0.308. The Kier molecular flexibility index (Phi) is 5.30. The van der Waals surface area contributed by atoms with E-state index in [9.17, 15) is 4.79 Å². The van der Waals surface area contributed by atoms with Gasteiger partial charge in [-0.1, -0.05) is 64.9 Å². The number of rotatable bonds is 4. The summed E-state index contributed by atoms with van der Waals surface area (Å²) < 4.78 is 8.95. The molecule has 0 saturated heterocycles. The fraction of sp³-hybridized carbons (Fsp3) is 0.0833. The normalized spacial score (nSPS) is 12.2. The molecule has 0 unspecified atom stereocenters. The molecule has 0 bridgehead atoms. The number of fused-ring (bicyclic) bond motifs is 3. The van der Waals surface area contributed by atoms with Crippen LogP contribution in [0.5, 0.6) is 5.75 Å². The first-order valence-corrected chi connectivity index (χ1v) is 11.6. The second kappa shape index (κ2) is 8.11. The zero-order chi connectivity index (χ0) is 21.5. The van der Waals surface area contributed by atoms with Crippen LogP contribution in [0.1, 0.15) is 16.7 Å². The first kappa shape index (κ1) is 20.2. The van der Waals surface area contributed by atoms with E-state index in [4.69, 9.17) is 16.3 Å². The number of aryl methyl sites for hydroxylation is 1. The molecule has 0 aliphatic carbocycles. The molecule has 5 rings (SSSR count). The van der Waals surface area contributed by atoms with E-state index in [2.05, 4.69) is 27.0 Å². The number of halogens is 2. The lowest BCUT2D eigenvalue weighted by Crippen LogP contribution is -2.22. The van der Waals surface area contributed by atoms with Crippen LogP contribution in [0.4, 0.5) is 0 Å². The molecule has 2 heterocycles. The number of nitrogens with zero attached hydrogens (tertiary/aromatic N) is 2. The smallest absolute Gasteiger partial charge is 0.274 e. The zero-order valence-electron chi connectivity index (χ0n) is 16.4. The van der Waals surface area contributed by atoms with Crippen molar-refractivity contribution in [2.24, 2.45) is 0 Å². The molecule has 0 spiro atoms. The SMILES string of the molecule is Cc1cccc(COc2c(Cl)cc(C=c3sc4nc5ccccc5n4c3=O)cc2Br)c1. The third kappa shape index (κ3) is 3.87. The van der Waals surface area contributed by atoms with Gasteiger partial charge >= 0.3 is 0 Å². The van der Waals surface area contributed by atoms with Crippen LogP contribution in [0, 0.1) is 6.92 Å². The van der Waals surface area contributed by atoms with Crippen LogP contribution in [-0.2, 0) is 6.61 Å². The maximum absolute atomic E-state index is 13.0. The molecule has 4 nitrogen and oxygen atoms in total. The first-order chi connectivity index (χ1) is 15.0. The summed E-state index contributed by atoms with van der Waals surface area (Å²) in [5.41, 5.74) is 4.62. The molecule has 154 valence electrons. The summed E-state index contributed by atoms with van der Waals surface area (Å²) in [5, 5.41) is 0.479. The highest BCUT2D eigenvalue weighted by molar-refractivity contribution is 9.10. The van der Waals surface area contributed by atoms with Gasteiger partial charge in [0.05, 0.1) is 25.1 Å². The Morgan fingerprint density at radius 3 is 2.81 bits per heavy atom. The van der Waals surface area contributed by atoms with Crippen molar-refractivity contribution in [1.29, 1.82) is 0 Å². The Bertz CT molecular complexity index is 1530. The van der Waals surface area contributed by atoms with E-state index in [-0.39, 0.29) is 5.56 Å². The summed E-state index contributed by atoms with van der Waals surface area (Å²) in [4.78, 5) is 18.2. The maximum atomic E-state index is 13.0. The molecule has 0 N–H and O–H groups in total. The molecule has 0 aliphatic heterocycles. The standard InChI is InChI=1S/C24H16BrClN2O2S/c1-14-5-4-6-15(9-14)13-30-22-17(25)10-16(11-18(22)26)12-21-23(29)28-20-8-3-2-7-19(20)27-24(28)31-21/h2-12H,13H2,1H3. The van der Waals surface area contributed by atoms with Gasteiger partial charge in [0.15, 0.2) is 10.7 Å². The van der Waals surface area contributed by atoms with Crippen molar-refractivity contribution in [3.8, 4) is 5.75 Å². The molecule has 3 aromatic carbocycles. The summed E-state index contributed by atoms with van der Waals surface area (Å²) in [6.45, 7) is 2.47. The summed E-state index contributed by atoms with van der Waals surface area (Å²) in [6.07, 6.45) is 1.83. The van der Waals surface area contributed by atoms with Gasteiger partial charge in [-0.15, -0.1) is 0 Å². The highest BCUT2D eigenvalue weighted by Gasteiger charge is 2.12. The fourth-order valence-corrected chi connectivity index (χ4v) is 5.50. The number of thiazole rings is 1. The highest BCUT2D eigenvalue weighted by atomic mass is 79.9. The average molecular weight is 512 g/mol. The third-order valence-electron chi connectivity index (χ3n) is 4.93.